The highest BCUT2D eigenvalue weighted by Crippen LogP contribution is 2.13. The Bertz CT molecular complexity index is 293. The van der Waals surface area contributed by atoms with Crippen LogP contribution in [0, 0.1) is 0 Å². The van der Waals surface area contributed by atoms with E-state index in [4.69, 9.17) is 10.5 Å². The van der Waals surface area contributed by atoms with Gasteiger partial charge in [0, 0.05) is 0 Å². The fourth-order valence-electron chi connectivity index (χ4n) is 0.814. The summed E-state index contributed by atoms with van der Waals surface area (Å²) >= 11 is 0. The predicted molar refractivity (Wildman–Crippen MR) is 59.7 cm³/mol. The maximum absolute atomic E-state index is 11.5. The molecule has 0 radical (unpaired) electrons. The second-order valence-electron chi connectivity index (χ2n) is 4.45. The summed E-state index contributed by atoms with van der Waals surface area (Å²) in [4.78, 5) is 22.7. The lowest BCUT2D eigenvalue weighted by Gasteiger charge is -2.23. The minimum absolute atomic E-state index is 0.290. The van der Waals surface area contributed by atoms with Gasteiger partial charge in [0.15, 0.2) is 0 Å². The zero-order valence-electron chi connectivity index (χ0n) is 10.2. The molecule has 0 fully saturated rings. The van der Waals surface area contributed by atoms with Gasteiger partial charge in [-0.25, -0.2) is 9.59 Å². The summed E-state index contributed by atoms with van der Waals surface area (Å²) < 4.78 is 9.30. The van der Waals surface area contributed by atoms with Gasteiger partial charge >= 0.3 is 12.1 Å². The smallest absolute Gasteiger partial charge is 0.428 e. The number of nitrogens with two attached hydrogens (primary N) is 1. The zero-order valence-corrected chi connectivity index (χ0v) is 10.2. The molecule has 1 unspecified atom stereocenters. The van der Waals surface area contributed by atoms with Gasteiger partial charge in [0.1, 0.15) is 11.1 Å². The van der Waals surface area contributed by atoms with Crippen LogP contribution in [0.4, 0.5) is 4.79 Å². The van der Waals surface area contributed by atoms with E-state index in [0.717, 1.165) is 0 Å². The number of carbonyl (C=O) groups excluding carboxylic acids is 2. The van der Waals surface area contributed by atoms with E-state index in [1.807, 2.05) is 0 Å². The molecule has 0 aromatic rings. The highest BCUT2D eigenvalue weighted by molar-refractivity contribution is 5.90. The molecular weight excluding hydrogens is 210 g/mol. The van der Waals surface area contributed by atoms with Crippen molar-refractivity contribution in [3.63, 3.8) is 0 Å². The first-order valence-corrected chi connectivity index (χ1v) is 5.02. The average molecular weight is 229 g/mol. The molecule has 1 atom stereocenters. The molecule has 0 bridgehead atoms. The molecule has 0 aliphatic heterocycles. The third kappa shape index (κ3) is 4.44. The molecule has 2 N–H and O–H groups in total. The molecule has 5 heteroatoms. The average Bonchev–Trinajstić information content (AvgIpc) is 2.13. The van der Waals surface area contributed by atoms with Crippen LogP contribution in [0.15, 0.2) is 12.7 Å². The van der Waals surface area contributed by atoms with Crippen LogP contribution in [0.3, 0.4) is 0 Å². The molecule has 16 heavy (non-hydrogen) atoms. The quantitative estimate of drug-likeness (QED) is 0.453. The Kier molecular flexibility index (Phi) is 4.68. The van der Waals surface area contributed by atoms with Crippen molar-refractivity contribution in [1.82, 2.24) is 0 Å². The number of esters is 1. The Balaban J connectivity index is 4.46. The SMILES string of the molecule is C=CC(N)(CC)C(=O)OC(=O)OC(C)(C)C. The molecule has 0 aliphatic rings. The molecule has 0 aromatic carbocycles. The lowest BCUT2D eigenvalue weighted by molar-refractivity contribution is -0.145. The van der Waals surface area contributed by atoms with Gasteiger partial charge in [-0.1, -0.05) is 13.0 Å². The van der Waals surface area contributed by atoms with Crippen LogP contribution < -0.4 is 5.73 Å². The van der Waals surface area contributed by atoms with Crippen LogP contribution in [0.25, 0.3) is 0 Å². The van der Waals surface area contributed by atoms with E-state index in [-0.39, 0.29) is 6.42 Å². The monoisotopic (exact) mass is 229 g/mol. The second-order valence-corrected chi connectivity index (χ2v) is 4.45. The third-order valence-corrected chi connectivity index (χ3v) is 1.89. The summed E-state index contributed by atoms with van der Waals surface area (Å²) in [5.74, 6) is -0.862. The van der Waals surface area contributed by atoms with Crippen molar-refractivity contribution in [3.05, 3.63) is 12.7 Å². The summed E-state index contributed by atoms with van der Waals surface area (Å²) in [5, 5.41) is 0. The molecule has 0 aromatic heterocycles. The second kappa shape index (κ2) is 5.12. The van der Waals surface area contributed by atoms with Crippen LogP contribution in [0.5, 0.6) is 0 Å². The van der Waals surface area contributed by atoms with E-state index in [2.05, 4.69) is 11.3 Å². The summed E-state index contributed by atoms with van der Waals surface area (Å²) in [5.41, 5.74) is 3.59. The van der Waals surface area contributed by atoms with Crippen LogP contribution in [-0.2, 0) is 14.3 Å². The van der Waals surface area contributed by atoms with Gasteiger partial charge in [-0.05, 0) is 27.2 Å². The zero-order chi connectivity index (χ0) is 13.0. The Morgan fingerprint density at radius 1 is 1.38 bits per heavy atom. The molecule has 0 heterocycles. The summed E-state index contributed by atoms with van der Waals surface area (Å²) in [7, 11) is 0. The first-order chi connectivity index (χ1) is 7.14. The molecular formula is C11H19NO4. The van der Waals surface area contributed by atoms with Crippen molar-refractivity contribution in [2.75, 3.05) is 0 Å². The molecule has 92 valence electrons. The normalized spacial score (nSPS) is 14.8. The van der Waals surface area contributed by atoms with Crippen molar-refractivity contribution < 1.29 is 19.1 Å². The molecule has 0 amide bonds. The highest BCUT2D eigenvalue weighted by Gasteiger charge is 2.33. The lowest BCUT2D eigenvalue weighted by Crippen LogP contribution is -2.47. The standard InChI is InChI=1S/C11H19NO4/c1-6-11(12,7-2)8(13)15-9(14)16-10(3,4)5/h6H,1,7,12H2,2-5H3. The Hall–Kier alpha value is -1.36. The van der Waals surface area contributed by atoms with Crippen molar-refractivity contribution in [1.29, 1.82) is 0 Å². The highest BCUT2D eigenvalue weighted by atomic mass is 16.7. The summed E-state index contributed by atoms with van der Waals surface area (Å²) in [6.45, 7) is 10.1. The Morgan fingerprint density at radius 3 is 2.19 bits per heavy atom. The minimum atomic E-state index is -1.35. The fourth-order valence-corrected chi connectivity index (χ4v) is 0.814. The van der Waals surface area contributed by atoms with Crippen molar-refractivity contribution in [2.24, 2.45) is 5.73 Å². The minimum Gasteiger partial charge on any atom is -0.428 e. The maximum atomic E-state index is 11.5. The van der Waals surface area contributed by atoms with Crippen molar-refractivity contribution in [3.8, 4) is 0 Å². The molecule has 0 saturated carbocycles. The van der Waals surface area contributed by atoms with E-state index in [1.165, 1.54) is 6.08 Å². The number of hydrogen-bond donors (Lipinski definition) is 1. The van der Waals surface area contributed by atoms with Gasteiger partial charge in [0.2, 0.25) is 0 Å². The predicted octanol–water partition coefficient (Wildman–Crippen LogP) is 1.76. The van der Waals surface area contributed by atoms with Crippen LogP contribution in [0.1, 0.15) is 34.1 Å². The molecule has 0 spiro atoms. The topological polar surface area (TPSA) is 78.6 Å². The largest absolute Gasteiger partial charge is 0.516 e. The first-order valence-electron chi connectivity index (χ1n) is 5.02. The maximum Gasteiger partial charge on any atom is 0.516 e. The Morgan fingerprint density at radius 2 is 1.88 bits per heavy atom. The molecule has 5 nitrogen and oxygen atoms in total. The summed E-state index contributed by atoms with van der Waals surface area (Å²) in [6, 6.07) is 0. The Labute approximate surface area is 95.6 Å². The van der Waals surface area contributed by atoms with E-state index >= 15 is 0 Å². The van der Waals surface area contributed by atoms with Gasteiger partial charge in [-0.15, -0.1) is 6.58 Å². The first kappa shape index (κ1) is 14.6. The number of rotatable bonds is 3. The van der Waals surface area contributed by atoms with Gasteiger partial charge in [-0.2, -0.15) is 0 Å². The molecule has 0 saturated heterocycles. The van der Waals surface area contributed by atoms with Gasteiger partial charge in [-0.3, -0.25) is 0 Å². The van der Waals surface area contributed by atoms with Gasteiger partial charge in [0.05, 0.1) is 0 Å². The van der Waals surface area contributed by atoms with E-state index in [0.29, 0.717) is 0 Å². The number of hydrogen-bond acceptors (Lipinski definition) is 5. The molecule has 0 rings (SSSR count). The van der Waals surface area contributed by atoms with E-state index in [1.54, 1.807) is 27.7 Å². The summed E-state index contributed by atoms with van der Waals surface area (Å²) in [6.07, 6.45) is 0.486. The van der Waals surface area contributed by atoms with E-state index in [9.17, 15) is 9.59 Å². The lowest BCUT2D eigenvalue weighted by atomic mass is 9.98. The van der Waals surface area contributed by atoms with Crippen molar-refractivity contribution >= 4 is 12.1 Å². The van der Waals surface area contributed by atoms with Gasteiger partial charge < -0.3 is 15.2 Å². The van der Waals surface area contributed by atoms with Crippen LogP contribution >= 0.6 is 0 Å². The molecule has 0 aliphatic carbocycles. The van der Waals surface area contributed by atoms with Crippen LogP contribution in [-0.4, -0.2) is 23.3 Å². The fraction of sp³-hybridized carbons (Fsp3) is 0.636. The third-order valence-electron chi connectivity index (χ3n) is 1.89. The number of carbonyl (C=O) groups is 2. The van der Waals surface area contributed by atoms with E-state index < -0.39 is 23.3 Å². The number of ether oxygens (including phenoxy) is 2. The van der Waals surface area contributed by atoms with Crippen molar-refractivity contribution in [2.45, 2.75) is 45.3 Å². The van der Waals surface area contributed by atoms with Crippen LogP contribution in [0.2, 0.25) is 0 Å². The van der Waals surface area contributed by atoms with Gasteiger partial charge in [0.25, 0.3) is 0 Å².